The summed E-state index contributed by atoms with van der Waals surface area (Å²) in [5.74, 6) is 0. The number of ether oxygens (including phenoxy) is 1. The molecule has 0 radical (unpaired) electrons. The van der Waals surface area contributed by atoms with Crippen molar-refractivity contribution >= 4 is 172 Å². The van der Waals surface area contributed by atoms with E-state index in [4.69, 9.17) is 16.2 Å². The van der Waals surface area contributed by atoms with Crippen molar-refractivity contribution in [3.05, 3.63) is 429 Å². The summed E-state index contributed by atoms with van der Waals surface area (Å²) < 4.78 is 5.96. The molecule has 576 valence electrons. The fraction of sp³-hybridized carbons (Fsp3) is 0.0385. The topological polar surface area (TPSA) is 115 Å². The van der Waals surface area contributed by atoms with Gasteiger partial charge in [0.15, 0.2) is 0 Å². The van der Waals surface area contributed by atoms with Gasteiger partial charge in [0.25, 0.3) is 0 Å². The zero-order chi connectivity index (χ0) is 80.2. The third-order valence-electron chi connectivity index (χ3n) is 20.7. The van der Waals surface area contributed by atoms with Crippen molar-refractivity contribution in [3.63, 3.8) is 0 Å². The molecule has 117 heavy (non-hydrogen) atoms. The second-order valence-corrected chi connectivity index (χ2v) is 29.0. The van der Waals surface area contributed by atoms with Gasteiger partial charge in [0, 0.05) is 108 Å². The summed E-state index contributed by atoms with van der Waals surface area (Å²) >= 11 is 9.52. The van der Waals surface area contributed by atoms with Gasteiger partial charge >= 0.3 is 40.2 Å². The molecule has 0 atom stereocenters. The van der Waals surface area contributed by atoms with Crippen LogP contribution in [-0.2, 0) is 17.5 Å². The maximum atomic E-state index is 9.37. The first kappa shape index (κ1) is 79.7. The van der Waals surface area contributed by atoms with Crippen molar-refractivity contribution in [1.29, 1.82) is 0 Å². The van der Waals surface area contributed by atoms with Gasteiger partial charge in [0.1, 0.15) is 0 Å². The molecule has 0 aromatic heterocycles. The van der Waals surface area contributed by atoms with Gasteiger partial charge in [-0.05, 0) is 254 Å². The molecule has 1 aliphatic rings. The van der Waals surface area contributed by atoms with Crippen molar-refractivity contribution in [3.8, 4) is 33.4 Å². The predicted octanol–water partition coefficient (Wildman–Crippen LogP) is 27.8. The molecule has 0 amide bonds. The average molecular weight is 1750 g/mol. The summed E-state index contributed by atoms with van der Waals surface area (Å²) in [5.41, 5.74) is 35.3. The number of nitrogen functional groups attached to an aromatic ring is 2. The molecule has 1 aliphatic heterocycles. The van der Waals surface area contributed by atoms with E-state index in [0.29, 0.717) is 5.46 Å². The quantitative estimate of drug-likeness (QED) is 0.0427. The Bertz CT molecular complexity index is 6100. The molecular formula is C104H84BBrCuIN6O3. The molecule has 0 aliphatic carbocycles. The van der Waals surface area contributed by atoms with Crippen LogP contribution in [0.1, 0.15) is 12.8 Å². The summed E-state index contributed by atoms with van der Waals surface area (Å²) in [6.45, 7) is 2.00. The van der Waals surface area contributed by atoms with E-state index in [9.17, 15) is 10.0 Å². The fourth-order valence-corrected chi connectivity index (χ4v) is 15.7. The van der Waals surface area contributed by atoms with Crippen LogP contribution < -0.4 is 36.5 Å². The molecule has 1 heterocycles. The molecule has 0 saturated carbocycles. The molecule has 9 nitrogen and oxygen atoms in total. The zero-order valence-electron chi connectivity index (χ0n) is 64.1. The first-order valence-electron chi connectivity index (χ1n) is 38.9. The van der Waals surface area contributed by atoms with Crippen LogP contribution in [-0.4, -0.2) is 30.4 Å². The van der Waals surface area contributed by atoms with Gasteiger partial charge in [-0.25, -0.2) is 0 Å². The molecule has 19 rings (SSSR count). The Balaban J connectivity index is 0.000000142. The van der Waals surface area contributed by atoms with Crippen molar-refractivity contribution in [1.82, 2.24) is 0 Å². The maximum absolute atomic E-state index is 9.37. The first-order valence-corrected chi connectivity index (χ1v) is 42.7. The van der Waals surface area contributed by atoms with E-state index in [0.717, 1.165) is 157 Å². The number of para-hydroxylation sites is 8. The van der Waals surface area contributed by atoms with Crippen molar-refractivity contribution in [2.75, 3.05) is 44.3 Å². The van der Waals surface area contributed by atoms with Gasteiger partial charge in [0.2, 0.25) is 0 Å². The Kier molecular flexibility index (Phi) is 26.4. The number of rotatable bonds is 16. The van der Waals surface area contributed by atoms with Crippen LogP contribution in [0.2, 0.25) is 0 Å². The minimum absolute atomic E-state index is 0.494. The van der Waals surface area contributed by atoms with Gasteiger partial charge in [-0.2, -0.15) is 0 Å². The van der Waals surface area contributed by atoms with E-state index >= 15 is 0 Å². The molecule has 18 aromatic carbocycles. The molecule has 0 bridgehead atoms. The van der Waals surface area contributed by atoms with Crippen molar-refractivity contribution in [2.24, 2.45) is 0 Å². The van der Waals surface area contributed by atoms with E-state index in [-0.39, 0.29) is 0 Å². The van der Waals surface area contributed by atoms with Crippen LogP contribution in [0.25, 0.3) is 76.5 Å². The Morgan fingerprint density at radius 3 is 0.915 bits per heavy atom. The number of benzene rings is 18. The average Bonchev–Trinajstić information content (AvgIpc) is 1.20. The van der Waals surface area contributed by atoms with Crippen LogP contribution in [0, 0.1) is 0 Å². The molecule has 6 N–H and O–H groups in total. The number of nitrogens with zero attached hydrogens (tertiary/aromatic N) is 4. The number of hydrogen-bond acceptors (Lipinski definition) is 9. The summed E-state index contributed by atoms with van der Waals surface area (Å²) in [7, 11) is -1.45. The first-order chi connectivity index (χ1) is 57.6. The van der Waals surface area contributed by atoms with Crippen LogP contribution >= 0.6 is 36.3 Å². The molecule has 0 spiro atoms. The minimum atomic E-state index is -1.45. The van der Waals surface area contributed by atoms with Gasteiger partial charge < -0.3 is 45.9 Å². The van der Waals surface area contributed by atoms with E-state index in [1.165, 1.54) is 29.2 Å². The molecule has 0 unspecified atom stereocenters. The summed E-state index contributed by atoms with van der Waals surface area (Å²) in [5, 5.41) is 27.5. The van der Waals surface area contributed by atoms with E-state index in [2.05, 4.69) is 382 Å². The standard InChI is InChI=1S/C50H37N3.C28H21BrN2.C22H18BNO2.C4H8O.Cu.HI/c51-49-23-13-22-48-46(36-26-29-44(30-27-36)52(40-14-5-1-6-15-40)41-16-7-2-8-17-41)32-33-47(50(48)49)39-25-24-38-35-45(31-28-37(38)34-39)53(42-18-9-3-10-19-42)43-20-11-4-12-21-43;29-26-19-18-24(25-12-7-13-27(30)28(25)26)20-14-16-23(17-15-20)31(21-8-3-1-4-9-21)22-10-5-2-6-11-22;25-23(26)19-13-11-18-16-22(14-12-17(18)15-19)24(20-7-3-1-4-8-20)21-9-5-2-6-10-21;1-2-4-5-3-1;;/h1-35H,51H2;1-19H,30H2;1-16,25-26H;1-4H2;;1H/q;;;;+1;/p-1. The Labute approximate surface area is 712 Å². The van der Waals surface area contributed by atoms with Crippen LogP contribution in [0.15, 0.2) is 429 Å². The monoisotopic (exact) mass is 1740 g/mol. The fourth-order valence-electron chi connectivity index (χ4n) is 15.2. The Morgan fingerprint density at radius 1 is 0.274 bits per heavy atom. The molecule has 18 aromatic rings. The summed E-state index contributed by atoms with van der Waals surface area (Å²) in [4.78, 5) is 9.05. The van der Waals surface area contributed by atoms with E-state index < -0.39 is 7.12 Å². The molecule has 1 saturated heterocycles. The second kappa shape index (κ2) is 38.7. The van der Waals surface area contributed by atoms with Crippen LogP contribution in [0.5, 0.6) is 0 Å². The van der Waals surface area contributed by atoms with E-state index in [1.54, 1.807) is 32.5 Å². The van der Waals surface area contributed by atoms with Gasteiger partial charge in [-0.3, -0.25) is 0 Å². The van der Waals surface area contributed by atoms with Crippen LogP contribution in [0.4, 0.5) is 79.6 Å². The summed E-state index contributed by atoms with van der Waals surface area (Å²) in [6, 6.07) is 147. The number of hydrogen-bond donors (Lipinski definition) is 4. The third kappa shape index (κ3) is 18.7. The Hall–Kier alpha value is -12.5. The second-order valence-electron chi connectivity index (χ2n) is 28.1. The number of halogens is 2. The normalized spacial score (nSPS) is 11.4. The predicted molar refractivity (Wildman–Crippen MR) is 505 cm³/mol. The third-order valence-corrected chi connectivity index (χ3v) is 21.4. The molecule has 13 heteroatoms. The van der Waals surface area contributed by atoms with Gasteiger partial charge in [-0.15, -0.1) is 0 Å². The molecular weight excluding hydrogens is 1660 g/mol. The zero-order valence-corrected chi connectivity index (χ0v) is 68.8. The molecule has 1 fully saturated rings. The number of anilines is 14. The van der Waals surface area contributed by atoms with E-state index in [1.807, 2.05) is 78.9 Å². The summed E-state index contributed by atoms with van der Waals surface area (Å²) in [6.07, 6.45) is 2.56. The SMILES string of the molecule is C1CCOC1.Nc1cccc2c(-c3ccc(N(c4ccccc4)c4ccccc4)cc3)ccc(-c3ccc4cc(N(c5ccccc5)c5ccccc5)ccc4c3)c12.Nc1cccc2c(-c3ccc(N(c4ccccc4)c4ccccc4)cc3)ccc(Br)c12.OB(O)c1ccc2cc(N(c3ccccc3)c3ccccc3)ccc2c1.[Cu][I]. The van der Waals surface area contributed by atoms with Crippen LogP contribution in [0.3, 0.4) is 0 Å². The van der Waals surface area contributed by atoms with Crippen molar-refractivity contribution < 1.29 is 27.5 Å². The Morgan fingerprint density at radius 2 is 0.556 bits per heavy atom. The van der Waals surface area contributed by atoms with Gasteiger partial charge in [0.05, 0.1) is 0 Å². The van der Waals surface area contributed by atoms with Gasteiger partial charge in [-0.1, -0.05) is 271 Å². The number of nitrogens with two attached hydrogens (primary N) is 2. The number of fused-ring (bicyclic) bond motifs is 4. The van der Waals surface area contributed by atoms with Crippen molar-refractivity contribution in [2.45, 2.75) is 12.8 Å².